The smallest absolute Gasteiger partial charge is 0.326 e. The first-order chi connectivity index (χ1) is 17.7. The monoisotopic (exact) mass is 539 g/mol. The Bertz CT molecular complexity index is 1060. The van der Waals surface area contributed by atoms with Gasteiger partial charge in [0.05, 0.1) is 18.9 Å². The van der Waals surface area contributed by atoms with Crippen molar-refractivity contribution in [2.45, 2.75) is 56.3 Å². The van der Waals surface area contributed by atoms with Crippen molar-refractivity contribution in [2.24, 2.45) is 11.5 Å². The zero-order valence-electron chi connectivity index (χ0n) is 20.0. The Morgan fingerprint density at radius 3 is 1.76 bits per heavy atom. The number of rotatable bonds is 16. The third-order valence-corrected chi connectivity index (χ3v) is 5.04. The first-order valence-electron chi connectivity index (χ1n) is 11.1. The van der Waals surface area contributed by atoms with Gasteiger partial charge in [0.1, 0.15) is 23.9 Å². The number of nitrogens with two attached hydrogens (primary N) is 2. The number of phenols is 1. The van der Waals surface area contributed by atoms with E-state index in [1.54, 1.807) is 0 Å². The van der Waals surface area contributed by atoms with E-state index in [0.717, 1.165) is 0 Å². The lowest BCUT2D eigenvalue weighted by Gasteiger charge is -2.24. The fourth-order valence-electron chi connectivity index (χ4n) is 3.12. The molecule has 0 spiro atoms. The SMILES string of the molecule is NC(=O)CC(N)C(=O)NC(CCC(=O)O)C(=O)NC(CC(=O)O)C(=O)NC(Cc1ccc(O)cc1)C(=O)O. The number of primary amides is 1. The summed E-state index contributed by atoms with van der Waals surface area (Å²) >= 11 is 0. The fourth-order valence-corrected chi connectivity index (χ4v) is 3.12. The Morgan fingerprint density at radius 1 is 0.737 bits per heavy atom. The van der Waals surface area contributed by atoms with Gasteiger partial charge in [0.25, 0.3) is 0 Å². The van der Waals surface area contributed by atoms with Crippen molar-refractivity contribution in [3.63, 3.8) is 0 Å². The van der Waals surface area contributed by atoms with E-state index < -0.39 is 91.4 Å². The molecule has 1 aromatic rings. The Hall–Kier alpha value is -4.73. The van der Waals surface area contributed by atoms with Gasteiger partial charge in [0, 0.05) is 12.8 Å². The number of benzene rings is 1. The molecule has 1 aromatic carbocycles. The van der Waals surface area contributed by atoms with Gasteiger partial charge < -0.3 is 47.8 Å². The zero-order valence-corrected chi connectivity index (χ0v) is 20.0. The zero-order chi connectivity index (χ0) is 29.0. The summed E-state index contributed by atoms with van der Waals surface area (Å²) in [6.07, 6.45) is -2.92. The molecule has 208 valence electrons. The molecule has 0 saturated carbocycles. The average Bonchev–Trinajstić information content (AvgIpc) is 2.80. The summed E-state index contributed by atoms with van der Waals surface area (Å²) in [7, 11) is 0. The van der Waals surface area contributed by atoms with Gasteiger partial charge in [-0.25, -0.2) is 4.79 Å². The molecule has 4 amide bonds. The first-order valence-corrected chi connectivity index (χ1v) is 11.1. The van der Waals surface area contributed by atoms with Gasteiger partial charge in [0.2, 0.25) is 23.6 Å². The Labute approximate surface area is 215 Å². The van der Waals surface area contributed by atoms with Gasteiger partial charge in [-0.1, -0.05) is 12.1 Å². The summed E-state index contributed by atoms with van der Waals surface area (Å²) in [6, 6.07) is -1.02. The number of hydrogen-bond donors (Lipinski definition) is 9. The highest BCUT2D eigenvalue weighted by Crippen LogP contribution is 2.12. The maximum Gasteiger partial charge on any atom is 0.326 e. The number of amides is 4. The molecule has 0 heterocycles. The van der Waals surface area contributed by atoms with Crippen LogP contribution in [0.25, 0.3) is 0 Å². The molecule has 1 rings (SSSR count). The molecular formula is C22H29N5O11. The Balaban J connectivity index is 3.05. The summed E-state index contributed by atoms with van der Waals surface area (Å²) < 4.78 is 0. The standard InChI is InChI=1S/C22H29N5O11/c23-12(8-16(24)29)19(34)25-13(5-6-17(30)31)20(35)26-14(9-18(32)33)21(36)27-15(22(37)38)7-10-1-3-11(28)4-2-10/h1-4,12-15,28H,5-9,23H2,(H2,24,29)(H,25,34)(H,26,35)(H,27,36)(H,30,31)(H,32,33)(H,37,38). The van der Waals surface area contributed by atoms with E-state index in [1.807, 2.05) is 0 Å². The van der Waals surface area contributed by atoms with Gasteiger partial charge in [-0.05, 0) is 24.1 Å². The Morgan fingerprint density at radius 2 is 1.26 bits per heavy atom. The van der Waals surface area contributed by atoms with Gasteiger partial charge in [-0.2, -0.15) is 0 Å². The minimum absolute atomic E-state index is 0.0750. The van der Waals surface area contributed by atoms with E-state index in [9.17, 15) is 48.9 Å². The normalized spacial score (nSPS) is 13.7. The molecule has 4 unspecified atom stereocenters. The van der Waals surface area contributed by atoms with Crippen molar-refractivity contribution in [3.8, 4) is 5.75 Å². The predicted molar refractivity (Wildman–Crippen MR) is 126 cm³/mol. The molecule has 16 heteroatoms. The molecule has 0 bridgehead atoms. The van der Waals surface area contributed by atoms with E-state index >= 15 is 0 Å². The van der Waals surface area contributed by atoms with Crippen molar-refractivity contribution in [1.29, 1.82) is 0 Å². The third kappa shape index (κ3) is 11.3. The molecule has 0 aliphatic heterocycles. The molecule has 4 atom stereocenters. The van der Waals surface area contributed by atoms with E-state index in [4.69, 9.17) is 16.6 Å². The molecule has 0 saturated heterocycles. The minimum Gasteiger partial charge on any atom is -0.508 e. The second-order valence-corrected chi connectivity index (χ2v) is 8.20. The van der Waals surface area contributed by atoms with Gasteiger partial charge in [0.15, 0.2) is 0 Å². The average molecular weight is 539 g/mol. The van der Waals surface area contributed by atoms with Crippen molar-refractivity contribution in [2.75, 3.05) is 0 Å². The second-order valence-electron chi connectivity index (χ2n) is 8.20. The molecule has 0 aromatic heterocycles. The van der Waals surface area contributed by atoms with E-state index in [1.165, 1.54) is 24.3 Å². The molecule has 0 aliphatic rings. The van der Waals surface area contributed by atoms with Crippen molar-refractivity contribution in [3.05, 3.63) is 29.8 Å². The topological polar surface area (TPSA) is 289 Å². The lowest BCUT2D eigenvalue weighted by Crippen LogP contribution is -2.58. The van der Waals surface area contributed by atoms with Crippen molar-refractivity contribution < 1.29 is 54.0 Å². The molecule has 38 heavy (non-hydrogen) atoms. The summed E-state index contributed by atoms with van der Waals surface area (Å²) in [6.45, 7) is 0. The van der Waals surface area contributed by atoms with Crippen molar-refractivity contribution in [1.82, 2.24) is 16.0 Å². The number of carboxylic acid groups (broad SMARTS) is 3. The van der Waals surface area contributed by atoms with Crippen LogP contribution in [0.1, 0.15) is 31.2 Å². The second kappa shape index (κ2) is 14.7. The number of carboxylic acids is 3. The highest BCUT2D eigenvalue weighted by molar-refractivity contribution is 5.96. The number of carbonyl (C=O) groups is 7. The van der Waals surface area contributed by atoms with E-state index in [2.05, 4.69) is 16.0 Å². The number of carbonyl (C=O) groups excluding carboxylic acids is 4. The summed E-state index contributed by atoms with van der Waals surface area (Å²) in [5, 5.41) is 43.3. The van der Waals surface area contributed by atoms with Crippen LogP contribution in [-0.2, 0) is 40.0 Å². The maximum absolute atomic E-state index is 12.8. The highest BCUT2D eigenvalue weighted by atomic mass is 16.4. The van der Waals surface area contributed by atoms with Gasteiger partial charge in [-0.3, -0.25) is 28.8 Å². The van der Waals surface area contributed by atoms with Crippen LogP contribution in [0.3, 0.4) is 0 Å². The molecule has 0 radical (unpaired) electrons. The van der Waals surface area contributed by atoms with Crippen LogP contribution >= 0.6 is 0 Å². The summed E-state index contributed by atoms with van der Waals surface area (Å²) in [4.78, 5) is 82.8. The number of aromatic hydroxyl groups is 1. The van der Waals surface area contributed by atoms with Crippen LogP contribution in [0.4, 0.5) is 0 Å². The van der Waals surface area contributed by atoms with E-state index in [0.29, 0.717) is 5.56 Å². The van der Waals surface area contributed by atoms with Crippen LogP contribution in [0, 0.1) is 0 Å². The number of aliphatic carboxylic acids is 3. The number of hydrogen-bond acceptors (Lipinski definition) is 9. The van der Waals surface area contributed by atoms with Gasteiger partial charge in [-0.15, -0.1) is 0 Å². The highest BCUT2D eigenvalue weighted by Gasteiger charge is 2.32. The third-order valence-electron chi connectivity index (χ3n) is 5.04. The fraction of sp³-hybridized carbons (Fsp3) is 0.409. The van der Waals surface area contributed by atoms with Crippen LogP contribution in [0.5, 0.6) is 5.75 Å². The largest absolute Gasteiger partial charge is 0.508 e. The molecular weight excluding hydrogens is 510 g/mol. The minimum atomic E-state index is -1.81. The van der Waals surface area contributed by atoms with Crippen LogP contribution in [0.15, 0.2) is 24.3 Å². The summed E-state index contributed by atoms with van der Waals surface area (Å²) in [5.74, 6) is -8.71. The maximum atomic E-state index is 12.8. The molecule has 0 fully saturated rings. The van der Waals surface area contributed by atoms with Crippen LogP contribution in [-0.4, -0.2) is 86.1 Å². The van der Waals surface area contributed by atoms with Crippen LogP contribution < -0.4 is 27.4 Å². The summed E-state index contributed by atoms with van der Waals surface area (Å²) in [5.41, 5.74) is 10.9. The number of phenolic OH excluding ortho intramolecular Hbond substituents is 1. The van der Waals surface area contributed by atoms with Crippen molar-refractivity contribution >= 4 is 41.5 Å². The first kappa shape index (κ1) is 31.3. The van der Waals surface area contributed by atoms with Gasteiger partial charge >= 0.3 is 17.9 Å². The Kier molecular flexibility index (Phi) is 12.1. The number of nitrogens with one attached hydrogen (secondary N) is 3. The quantitative estimate of drug-likeness (QED) is 0.102. The molecule has 16 nitrogen and oxygen atoms in total. The van der Waals surface area contributed by atoms with Crippen LogP contribution in [0.2, 0.25) is 0 Å². The lowest BCUT2D eigenvalue weighted by molar-refractivity contribution is -0.143. The molecule has 11 N–H and O–H groups in total. The molecule has 0 aliphatic carbocycles. The predicted octanol–water partition coefficient (Wildman–Crippen LogP) is -2.98. The van der Waals surface area contributed by atoms with E-state index in [-0.39, 0.29) is 12.2 Å². The lowest BCUT2D eigenvalue weighted by atomic mass is 10.0.